The summed E-state index contributed by atoms with van der Waals surface area (Å²) in [6.45, 7) is 6.47. The topological polar surface area (TPSA) is 12.5 Å². The van der Waals surface area contributed by atoms with Gasteiger partial charge in [0.2, 0.25) is 0 Å². The average Bonchev–Trinajstić information content (AvgIpc) is 2.77. The summed E-state index contributed by atoms with van der Waals surface area (Å²) in [4.78, 5) is 2.37. The Morgan fingerprint density at radius 3 is 2.55 bits per heavy atom. The molecule has 1 aliphatic heterocycles. The second kappa shape index (κ2) is 5.20. The molecule has 0 saturated heterocycles. The van der Waals surface area contributed by atoms with Gasteiger partial charge in [0.05, 0.1) is 0 Å². The van der Waals surface area contributed by atoms with Gasteiger partial charge in [0.15, 0.2) is 6.23 Å². The zero-order chi connectivity index (χ0) is 14.1. The van der Waals surface area contributed by atoms with E-state index < -0.39 is 0 Å². The summed E-state index contributed by atoms with van der Waals surface area (Å²) in [5.74, 6) is 0.930. The lowest BCUT2D eigenvalue weighted by molar-refractivity contribution is 0.207. The third-order valence-electron chi connectivity index (χ3n) is 3.98. The molecule has 2 nitrogen and oxygen atoms in total. The van der Waals surface area contributed by atoms with E-state index in [1.165, 1.54) is 16.8 Å². The second-order valence-electron chi connectivity index (χ2n) is 5.62. The van der Waals surface area contributed by atoms with Crippen molar-refractivity contribution in [1.82, 2.24) is 0 Å². The molecule has 0 N–H and O–H groups in total. The first-order valence-electron chi connectivity index (χ1n) is 7.25. The first kappa shape index (κ1) is 13.0. The fourth-order valence-electron chi connectivity index (χ4n) is 3.01. The number of aryl methyl sites for hydroxylation is 1. The van der Waals surface area contributed by atoms with E-state index in [-0.39, 0.29) is 6.23 Å². The fraction of sp³-hybridized carbons (Fsp3) is 0.333. The quantitative estimate of drug-likeness (QED) is 0.827. The molecule has 0 fully saturated rings. The Morgan fingerprint density at radius 2 is 1.80 bits per heavy atom. The van der Waals surface area contributed by atoms with Crippen molar-refractivity contribution in [2.45, 2.75) is 39.5 Å². The number of para-hydroxylation sites is 1. The first-order chi connectivity index (χ1) is 9.65. The van der Waals surface area contributed by atoms with Crippen LogP contribution in [-0.4, -0.2) is 12.3 Å². The smallest absolute Gasteiger partial charge is 0.169 e. The summed E-state index contributed by atoms with van der Waals surface area (Å²) in [7, 11) is 0. The highest BCUT2D eigenvalue weighted by Gasteiger charge is 2.30. The van der Waals surface area contributed by atoms with E-state index in [0.29, 0.717) is 6.04 Å². The maximum absolute atomic E-state index is 6.11. The van der Waals surface area contributed by atoms with E-state index in [1.54, 1.807) is 0 Å². The lowest BCUT2D eigenvalue weighted by Gasteiger charge is -2.31. The molecule has 0 saturated carbocycles. The van der Waals surface area contributed by atoms with Gasteiger partial charge >= 0.3 is 0 Å². The molecule has 104 valence electrons. The van der Waals surface area contributed by atoms with Crippen LogP contribution in [0.2, 0.25) is 0 Å². The number of fused-ring (bicyclic) bond motifs is 1. The molecule has 1 aliphatic rings. The van der Waals surface area contributed by atoms with Gasteiger partial charge in [0.25, 0.3) is 0 Å². The van der Waals surface area contributed by atoms with Crippen LogP contribution in [0.25, 0.3) is 0 Å². The Bertz CT molecular complexity index is 591. The van der Waals surface area contributed by atoms with Crippen molar-refractivity contribution in [2.24, 2.45) is 0 Å². The molecule has 2 atom stereocenters. The van der Waals surface area contributed by atoms with E-state index in [4.69, 9.17) is 4.74 Å². The van der Waals surface area contributed by atoms with Gasteiger partial charge in [-0.3, -0.25) is 0 Å². The maximum Gasteiger partial charge on any atom is 0.169 e. The molecule has 2 unspecified atom stereocenters. The minimum Gasteiger partial charge on any atom is -0.471 e. The minimum absolute atomic E-state index is 0.0383. The highest BCUT2D eigenvalue weighted by atomic mass is 16.5. The number of rotatable bonds is 3. The van der Waals surface area contributed by atoms with Crippen molar-refractivity contribution in [3.05, 3.63) is 59.7 Å². The van der Waals surface area contributed by atoms with Crippen molar-refractivity contribution >= 4 is 5.69 Å². The van der Waals surface area contributed by atoms with Gasteiger partial charge in [-0.15, -0.1) is 0 Å². The van der Waals surface area contributed by atoms with Crippen LogP contribution in [0.15, 0.2) is 48.5 Å². The van der Waals surface area contributed by atoms with Crippen LogP contribution in [0.4, 0.5) is 5.69 Å². The van der Waals surface area contributed by atoms with Crippen LogP contribution >= 0.6 is 0 Å². The number of benzene rings is 2. The van der Waals surface area contributed by atoms with Crippen LogP contribution in [0.1, 0.15) is 25.0 Å². The monoisotopic (exact) mass is 267 g/mol. The van der Waals surface area contributed by atoms with Gasteiger partial charge in [-0.2, -0.15) is 0 Å². The van der Waals surface area contributed by atoms with Crippen molar-refractivity contribution < 1.29 is 4.74 Å². The zero-order valence-electron chi connectivity index (χ0n) is 12.3. The van der Waals surface area contributed by atoms with Gasteiger partial charge in [-0.05, 0) is 51.0 Å². The minimum atomic E-state index is 0.0383. The third kappa shape index (κ3) is 2.38. The lowest BCUT2D eigenvalue weighted by atomic mass is 10.1. The Balaban J connectivity index is 1.80. The Morgan fingerprint density at radius 1 is 1.10 bits per heavy atom. The molecule has 20 heavy (non-hydrogen) atoms. The largest absolute Gasteiger partial charge is 0.471 e. The van der Waals surface area contributed by atoms with E-state index in [0.717, 1.165) is 12.2 Å². The molecule has 2 heteroatoms. The van der Waals surface area contributed by atoms with E-state index in [2.05, 4.69) is 62.1 Å². The Labute approximate surface area is 121 Å². The van der Waals surface area contributed by atoms with Crippen LogP contribution in [0.5, 0.6) is 5.75 Å². The predicted octanol–water partition coefficient (Wildman–Crippen LogP) is 4.17. The van der Waals surface area contributed by atoms with Gasteiger partial charge in [-0.1, -0.05) is 35.9 Å². The molecule has 1 heterocycles. The number of hydrogen-bond donors (Lipinski definition) is 0. The summed E-state index contributed by atoms with van der Waals surface area (Å²) < 4.78 is 6.11. The highest BCUT2D eigenvalue weighted by molar-refractivity contribution is 5.59. The standard InChI is InChI=1S/C18H21NO/c1-13-8-10-17(11-9-13)20-15(3)19-14(2)12-16-6-4-5-7-18(16)19/h4-11,14-15H,12H2,1-3H3. The van der Waals surface area contributed by atoms with E-state index in [9.17, 15) is 0 Å². The van der Waals surface area contributed by atoms with Crippen LogP contribution in [0, 0.1) is 6.92 Å². The summed E-state index contributed by atoms with van der Waals surface area (Å²) >= 11 is 0. The SMILES string of the molecule is Cc1ccc(OC(C)N2c3ccccc3CC2C)cc1. The molecular weight excluding hydrogens is 246 g/mol. The average molecular weight is 267 g/mol. The fourth-order valence-corrected chi connectivity index (χ4v) is 3.01. The van der Waals surface area contributed by atoms with Gasteiger partial charge in [-0.25, -0.2) is 0 Å². The summed E-state index contributed by atoms with van der Waals surface area (Å²) in [6, 6.07) is 17.3. The molecule has 2 aromatic carbocycles. The van der Waals surface area contributed by atoms with E-state index in [1.807, 2.05) is 12.1 Å². The Hall–Kier alpha value is -1.96. The van der Waals surface area contributed by atoms with Crippen molar-refractivity contribution in [1.29, 1.82) is 0 Å². The molecule has 0 amide bonds. The molecular formula is C18H21NO. The van der Waals surface area contributed by atoms with Crippen molar-refractivity contribution in [3.8, 4) is 5.75 Å². The molecule has 0 radical (unpaired) electrons. The van der Waals surface area contributed by atoms with Crippen LogP contribution in [0.3, 0.4) is 0 Å². The van der Waals surface area contributed by atoms with Crippen LogP contribution in [-0.2, 0) is 6.42 Å². The zero-order valence-corrected chi connectivity index (χ0v) is 12.3. The Kier molecular flexibility index (Phi) is 3.39. The summed E-state index contributed by atoms with van der Waals surface area (Å²) in [6.07, 6.45) is 1.13. The summed E-state index contributed by atoms with van der Waals surface area (Å²) in [5, 5.41) is 0. The highest BCUT2D eigenvalue weighted by Crippen LogP contribution is 2.34. The molecule has 0 spiro atoms. The molecule has 0 bridgehead atoms. The lowest BCUT2D eigenvalue weighted by Crippen LogP contribution is -2.41. The molecule has 0 aliphatic carbocycles. The number of anilines is 1. The van der Waals surface area contributed by atoms with Crippen LogP contribution < -0.4 is 9.64 Å². The number of ether oxygens (including phenoxy) is 1. The number of hydrogen-bond acceptors (Lipinski definition) is 2. The third-order valence-corrected chi connectivity index (χ3v) is 3.98. The normalized spacial score (nSPS) is 18.8. The summed E-state index contributed by atoms with van der Waals surface area (Å²) in [5.41, 5.74) is 3.98. The van der Waals surface area contributed by atoms with Gasteiger partial charge < -0.3 is 9.64 Å². The first-order valence-corrected chi connectivity index (χ1v) is 7.25. The predicted molar refractivity (Wildman–Crippen MR) is 83.4 cm³/mol. The second-order valence-corrected chi connectivity index (χ2v) is 5.62. The molecule has 3 rings (SSSR count). The van der Waals surface area contributed by atoms with Crippen molar-refractivity contribution in [3.63, 3.8) is 0 Å². The van der Waals surface area contributed by atoms with E-state index >= 15 is 0 Å². The van der Waals surface area contributed by atoms with Gasteiger partial charge in [0, 0.05) is 11.7 Å². The number of nitrogens with zero attached hydrogens (tertiary/aromatic N) is 1. The maximum atomic E-state index is 6.11. The molecule has 0 aromatic heterocycles. The van der Waals surface area contributed by atoms with Crippen molar-refractivity contribution in [2.75, 3.05) is 4.90 Å². The molecule has 2 aromatic rings. The van der Waals surface area contributed by atoms with Gasteiger partial charge in [0.1, 0.15) is 5.75 Å².